The lowest BCUT2D eigenvalue weighted by molar-refractivity contribution is 0.0954. The number of unbranched alkanes of at least 4 members (excludes halogenated alkanes) is 1. The Labute approximate surface area is 152 Å². The number of hydrogen-bond acceptors (Lipinski definition) is 4. The monoisotopic (exact) mass is 360 g/mol. The van der Waals surface area contributed by atoms with Gasteiger partial charge in [0.05, 0.1) is 10.9 Å². The molecule has 0 atom stereocenters. The first-order valence-electron chi connectivity index (χ1n) is 9.22. The molecule has 0 aliphatic heterocycles. The van der Waals surface area contributed by atoms with Crippen molar-refractivity contribution in [3.8, 4) is 0 Å². The van der Waals surface area contributed by atoms with E-state index in [-0.39, 0.29) is 34.3 Å². The predicted octanol–water partition coefficient (Wildman–Crippen LogP) is 2.39. The standard InChI is InChI=1S/C19H28N4O3/c1-6-7-8-20-17(24)13-9-14(12(4)5)21-16-15(13)18(25)22-19(26)23(16)10-11(2)3/h9,11-12H,6-8,10H2,1-5H3,(H,20,24)(H,22,25,26). The molecule has 0 unspecified atom stereocenters. The number of nitrogens with one attached hydrogen (secondary N) is 2. The maximum Gasteiger partial charge on any atom is 0.330 e. The lowest BCUT2D eigenvalue weighted by Crippen LogP contribution is -2.34. The Kier molecular flexibility index (Phi) is 6.34. The lowest BCUT2D eigenvalue weighted by atomic mass is 10.0. The van der Waals surface area contributed by atoms with Crippen LogP contribution in [0.25, 0.3) is 11.0 Å². The molecule has 2 rings (SSSR count). The molecule has 142 valence electrons. The summed E-state index contributed by atoms with van der Waals surface area (Å²) in [4.78, 5) is 44.4. The molecule has 0 spiro atoms. The highest BCUT2D eigenvalue weighted by Gasteiger charge is 2.20. The van der Waals surface area contributed by atoms with E-state index in [0.29, 0.717) is 18.8 Å². The van der Waals surface area contributed by atoms with Gasteiger partial charge in [0, 0.05) is 18.8 Å². The van der Waals surface area contributed by atoms with Crippen LogP contribution in [0.15, 0.2) is 15.7 Å². The second kappa shape index (κ2) is 8.29. The molecule has 0 fully saturated rings. The number of carbonyl (C=O) groups is 1. The predicted molar refractivity (Wildman–Crippen MR) is 103 cm³/mol. The molecule has 2 aromatic rings. The first-order valence-corrected chi connectivity index (χ1v) is 9.22. The summed E-state index contributed by atoms with van der Waals surface area (Å²) in [6, 6.07) is 1.66. The highest BCUT2D eigenvalue weighted by molar-refractivity contribution is 6.05. The summed E-state index contributed by atoms with van der Waals surface area (Å²) in [6.45, 7) is 10.9. The molecule has 0 saturated carbocycles. The number of aromatic nitrogens is 3. The fourth-order valence-corrected chi connectivity index (χ4v) is 2.78. The second-order valence-corrected chi connectivity index (χ2v) is 7.32. The normalized spacial score (nSPS) is 11.5. The van der Waals surface area contributed by atoms with Gasteiger partial charge in [-0.2, -0.15) is 0 Å². The fourth-order valence-electron chi connectivity index (χ4n) is 2.78. The average Bonchev–Trinajstić information content (AvgIpc) is 2.57. The molecule has 7 heteroatoms. The summed E-state index contributed by atoms with van der Waals surface area (Å²) in [5.41, 5.74) is 0.156. The van der Waals surface area contributed by atoms with E-state index in [2.05, 4.69) is 15.3 Å². The smallest absolute Gasteiger partial charge is 0.330 e. The number of aromatic amines is 1. The minimum absolute atomic E-state index is 0.0588. The average molecular weight is 360 g/mol. The summed E-state index contributed by atoms with van der Waals surface area (Å²) in [5, 5.41) is 3.02. The molecule has 2 aromatic heterocycles. The molecule has 7 nitrogen and oxygen atoms in total. The van der Waals surface area contributed by atoms with Crippen LogP contribution in [0.1, 0.15) is 69.4 Å². The van der Waals surface area contributed by atoms with E-state index in [4.69, 9.17) is 0 Å². The van der Waals surface area contributed by atoms with Gasteiger partial charge in [-0.1, -0.05) is 41.0 Å². The fraction of sp³-hybridized carbons (Fsp3) is 0.579. The van der Waals surface area contributed by atoms with Gasteiger partial charge in [-0.3, -0.25) is 19.1 Å². The number of H-pyrrole nitrogens is 1. The van der Waals surface area contributed by atoms with Crippen LogP contribution in [0.3, 0.4) is 0 Å². The number of rotatable bonds is 7. The Morgan fingerprint density at radius 3 is 2.54 bits per heavy atom. The van der Waals surface area contributed by atoms with E-state index < -0.39 is 11.2 Å². The van der Waals surface area contributed by atoms with Crippen molar-refractivity contribution in [2.24, 2.45) is 5.92 Å². The molecular weight excluding hydrogens is 332 g/mol. The van der Waals surface area contributed by atoms with Crippen LogP contribution in [-0.4, -0.2) is 27.0 Å². The van der Waals surface area contributed by atoms with Crippen LogP contribution in [0.4, 0.5) is 0 Å². The van der Waals surface area contributed by atoms with Gasteiger partial charge in [-0.25, -0.2) is 9.78 Å². The molecular formula is C19H28N4O3. The SMILES string of the molecule is CCCCNC(=O)c1cc(C(C)C)nc2c1c(=O)[nH]c(=O)n2CC(C)C. The highest BCUT2D eigenvalue weighted by Crippen LogP contribution is 2.20. The Bertz CT molecular complexity index is 909. The van der Waals surface area contributed by atoms with Gasteiger partial charge in [-0.05, 0) is 24.3 Å². The van der Waals surface area contributed by atoms with Gasteiger partial charge in [0.1, 0.15) is 0 Å². The third-order valence-electron chi connectivity index (χ3n) is 4.17. The Balaban J connectivity index is 2.76. The number of hydrogen-bond donors (Lipinski definition) is 2. The summed E-state index contributed by atoms with van der Waals surface area (Å²) in [7, 11) is 0. The van der Waals surface area contributed by atoms with Crippen molar-refractivity contribution in [3.05, 3.63) is 38.2 Å². The summed E-state index contributed by atoms with van der Waals surface area (Å²) in [6.07, 6.45) is 1.82. The zero-order chi connectivity index (χ0) is 19.4. The first kappa shape index (κ1) is 19.9. The van der Waals surface area contributed by atoms with E-state index in [9.17, 15) is 14.4 Å². The largest absolute Gasteiger partial charge is 0.352 e. The maximum absolute atomic E-state index is 12.7. The molecule has 0 bridgehead atoms. The van der Waals surface area contributed by atoms with Crippen molar-refractivity contribution in [1.29, 1.82) is 0 Å². The van der Waals surface area contributed by atoms with E-state index in [1.165, 1.54) is 4.57 Å². The van der Waals surface area contributed by atoms with Gasteiger partial charge in [0.25, 0.3) is 11.5 Å². The quantitative estimate of drug-likeness (QED) is 0.741. The van der Waals surface area contributed by atoms with Crippen LogP contribution in [0.5, 0.6) is 0 Å². The van der Waals surface area contributed by atoms with Crippen LogP contribution in [0, 0.1) is 5.92 Å². The third kappa shape index (κ3) is 4.20. The topological polar surface area (TPSA) is 96.8 Å². The van der Waals surface area contributed by atoms with Gasteiger partial charge >= 0.3 is 5.69 Å². The molecule has 26 heavy (non-hydrogen) atoms. The zero-order valence-electron chi connectivity index (χ0n) is 16.2. The first-order chi connectivity index (χ1) is 12.3. The molecule has 2 heterocycles. The van der Waals surface area contributed by atoms with Gasteiger partial charge in [0.15, 0.2) is 5.65 Å². The number of fused-ring (bicyclic) bond motifs is 1. The summed E-state index contributed by atoms with van der Waals surface area (Å²) >= 11 is 0. The molecule has 0 radical (unpaired) electrons. The van der Waals surface area contributed by atoms with Crippen molar-refractivity contribution >= 4 is 16.9 Å². The van der Waals surface area contributed by atoms with Crippen molar-refractivity contribution in [1.82, 2.24) is 19.9 Å². The van der Waals surface area contributed by atoms with E-state index >= 15 is 0 Å². The maximum atomic E-state index is 12.7. The third-order valence-corrected chi connectivity index (χ3v) is 4.17. The van der Waals surface area contributed by atoms with E-state index in [1.54, 1.807) is 6.07 Å². The Hall–Kier alpha value is -2.44. The Morgan fingerprint density at radius 2 is 1.96 bits per heavy atom. The van der Waals surface area contributed by atoms with Crippen molar-refractivity contribution in [2.75, 3.05) is 6.54 Å². The molecule has 1 amide bonds. The number of nitrogens with zero attached hydrogens (tertiary/aromatic N) is 2. The van der Waals surface area contributed by atoms with Gasteiger partial charge < -0.3 is 5.32 Å². The van der Waals surface area contributed by atoms with Gasteiger partial charge in [-0.15, -0.1) is 0 Å². The highest BCUT2D eigenvalue weighted by atomic mass is 16.2. The van der Waals surface area contributed by atoms with Crippen LogP contribution in [-0.2, 0) is 6.54 Å². The molecule has 0 aliphatic rings. The van der Waals surface area contributed by atoms with Crippen LogP contribution in [0.2, 0.25) is 0 Å². The second-order valence-electron chi connectivity index (χ2n) is 7.32. The number of amides is 1. The van der Waals surface area contributed by atoms with E-state index in [0.717, 1.165) is 12.8 Å². The van der Waals surface area contributed by atoms with Crippen LogP contribution < -0.4 is 16.6 Å². The molecule has 0 saturated heterocycles. The molecule has 0 aliphatic carbocycles. The minimum Gasteiger partial charge on any atom is -0.352 e. The summed E-state index contributed by atoms with van der Waals surface area (Å²) < 4.78 is 1.45. The van der Waals surface area contributed by atoms with Crippen LogP contribution >= 0.6 is 0 Å². The number of carbonyl (C=O) groups excluding carboxylic acids is 1. The zero-order valence-corrected chi connectivity index (χ0v) is 16.2. The van der Waals surface area contributed by atoms with Crippen molar-refractivity contribution in [3.63, 3.8) is 0 Å². The minimum atomic E-state index is -0.576. The van der Waals surface area contributed by atoms with Gasteiger partial charge in [0.2, 0.25) is 0 Å². The molecule has 2 N–H and O–H groups in total. The summed E-state index contributed by atoms with van der Waals surface area (Å²) in [5.74, 6) is -0.0652. The lowest BCUT2D eigenvalue weighted by Gasteiger charge is -2.16. The Morgan fingerprint density at radius 1 is 1.27 bits per heavy atom. The number of pyridine rings is 1. The molecule has 0 aromatic carbocycles. The van der Waals surface area contributed by atoms with Crippen molar-refractivity contribution < 1.29 is 4.79 Å². The van der Waals surface area contributed by atoms with E-state index in [1.807, 2.05) is 34.6 Å². The van der Waals surface area contributed by atoms with Crippen molar-refractivity contribution in [2.45, 2.75) is 59.9 Å².